The lowest BCUT2D eigenvalue weighted by atomic mass is 9.87. The summed E-state index contributed by atoms with van der Waals surface area (Å²) in [5, 5.41) is 82.3. The van der Waals surface area contributed by atoms with E-state index in [4.69, 9.17) is 18.6 Å². The number of ether oxygens (including phenoxy) is 3. The Balaban J connectivity index is 1.79. The number of ketones is 1. The van der Waals surface area contributed by atoms with Gasteiger partial charge in [0, 0.05) is 17.7 Å². The Bertz CT molecular complexity index is 1260. The molecular formula is C25H32O14. The summed E-state index contributed by atoms with van der Waals surface area (Å²) in [6, 6.07) is 2.25. The van der Waals surface area contributed by atoms with Gasteiger partial charge in [-0.25, -0.2) is 0 Å². The van der Waals surface area contributed by atoms with Crippen molar-refractivity contribution in [3.8, 4) is 5.75 Å². The van der Waals surface area contributed by atoms with Crippen molar-refractivity contribution < 1.29 is 64.3 Å². The highest BCUT2D eigenvalue weighted by molar-refractivity contribution is 5.84. The molecule has 8 N–H and O–H groups in total. The lowest BCUT2D eigenvalue weighted by Gasteiger charge is -2.46. The van der Waals surface area contributed by atoms with Gasteiger partial charge in [-0.3, -0.25) is 9.59 Å². The largest absolute Gasteiger partial charge is 0.507 e. The maximum absolute atomic E-state index is 13.0. The first-order valence-corrected chi connectivity index (χ1v) is 12.3. The number of aliphatic hydroxyl groups excluding tert-OH is 7. The number of hydrogen-bond acceptors (Lipinski definition) is 14. The molecule has 0 amide bonds. The Kier molecular flexibility index (Phi) is 8.73. The second-order valence-electron chi connectivity index (χ2n) is 9.82. The van der Waals surface area contributed by atoms with Crippen LogP contribution in [0, 0.1) is 6.92 Å². The minimum Gasteiger partial charge on any atom is -0.507 e. The van der Waals surface area contributed by atoms with Crippen molar-refractivity contribution in [2.45, 2.75) is 81.5 Å². The number of aryl methyl sites for hydroxylation is 1. The predicted molar refractivity (Wildman–Crippen MR) is 129 cm³/mol. The van der Waals surface area contributed by atoms with E-state index in [-0.39, 0.29) is 40.1 Å². The minimum absolute atomic E-state index is 0.0199. The molecule has 2 fully saturated rings. The quantitative estimate of drug-likeness (QED) is 0.173. The fourth-order valence-electron chi connectivity index (χ4n) is 5.06. The van der Waals surface area contributed by atoms with Crippen LogP contribution in [0.5, 0.6) is 5.75 Å². The number of aliphatic hydroxyl groups is 7. The summed E-state index contributed by atoms with van der Waals surface area (Å²) in [7, 11) is 0. The average Bonchev–Trinajstić information content (AvgIpc) is 2.87. The number of fused-ring (bicyclic) bond motifs is 1. The Morgan fingerprint density at radius 3 is 2.15 bits per heavy atom. The summed E-state index contributed by atoms with van der Waals surface area (Å²) in [5.41, 5.74) is -0.499. The van der Waals surface area contributed by atoms with E-state index in [1.165, 1.54) is 13.8 Å². The Morgan fingerprint density at radius 2 is 1.54 bits per heavy atom. The third kappa shape index (κ3) is 5.45. The molecule has 0 spiro atoms. The van der Waals surface area contributed by atoms with E-state index in [2.05, 4.69) is 0 Å². The molecule has 216 valence electrons. The topological polar surface area (TPSA) is 237 Å². The third-order valence-corrected chi connectivity index (χ3v) is 7.06. The predicted octanol–water partition coefficient (Wildman–Crippen LogP) is -2.72. The summed E-state index contributed by atoms with van der Waals surface area (Å²) >= 11 is 0. The summed E-state index contributed by atoms with van der Waals surface area (Å²) in [6.45, 7) is 1.28. The van der Waals surface area contributed by atoms with E-state index in [0.29, 0.717) is 0 Å². The van der Waals surface area contributed by atoms with E-state index < -0.39 is 85.6 Å². The van der Waals surface area contributed by atoms with Crippen LogP contribution in [0.25, 0.3) is 11.0 Å². The summed E-state index contributed by atoms with van der Waals surface area (Å²) in [4.78, 5) is 24.5. The monoisotopic (exact) mass is 556 g/mol. The van der Waals surface area contributed by atoms with Gasteiger partial charge in [-0.2, -0.15) is 0 Å². The molecule has 0 radical (unpaired) electrons. The van der Waals surface area contributed by atoms with Crippen LogP contribution < -0.4 is 5.43 Å². The van der Waals surface area contributed by atoms with Gasteiger partial charge in [0.15, 0.2) is 11.7 Å². The van der Waals surface area contributed by atoms with Crippen molar-refractivity contribution in [2.24, 2.45) is 0 Å². The SMILES string of the molecule is CC(=O)Cc1cc(=O)c2c(C)c([C@@H]3O[C@H](CO)[C@@H](O)[C@H](O)[C@H]3O[C@@H]3O[C@H](CO)[C@@H](O)[C@H](O)[C@H]3O)c(O)cc2o1. The molecule has 3 heterocycles. The number of benzene rings is 1. The molecule has 1 aromatic heterocycles. The molecule has 39 heavy (non-hydrogen) atoms. The normalized spacial score (nSPS) is 35.3. The Morgan fingerprint density at radius 1 is 0.923 bits per heavy atom. The molecular weight excluding hydrogens is 524 g/mol. The molecule has 10 atom stereocenters. The number of Topliss-reactive ketones (excluding diaryl/α,β-unsaturated/α-hetero) is 1. The van der Waals surface area contributed by atoms with Crippen LogP contribution in [0.15, 0.2) is 21.3 Å². The molecule has 1 aromatic carbocycles. The standard InChI is InChI=1S/C25H32O14/c1-8(28)3-10-4-11(29)16-9(2)17(12(30)5-13(16)36-10)23-24(21(34)19(32)14(6-26)37-23)39-25-22(35)20(33)18(31)15(7-27)38-25/h4-5,14-15,18-27,30-35H,3,6-7H2,1-2H3/t14-,15-,18-,19-,20+,21+,22-,23+,24-,25+/m1/s1. The van der Waals surface area contributed by atoms with E-state index >= 15 is 0 Å². The Labute approximate surface area is 221 Å². The van der Waals surface area contributed by atoms with Crippen molar-refractivity contribution in [1.82, 2.24) is 0 Å². The van der Waals surface area contributed by atoms with E-state index in [1.807, 2.05) is 0 Å². The van der Waals surface area contributed by atoms with Gasteiger partial charge in [0.1, 0.15) is 77.8 Å². The number of phenols is 1. The first-order valence-electron chi connectivity index (χ1n) is 12.3. The second-order valence-corrected chi connectivity index (χ2v) is 9.82. The maximum Gasteiger partial charge on any atom is 0.193 e. The van der Waals surface area contributed by atoms with Gasteiger partial charge in [-0.1, -0.05) is 0 Å². The highest BCUT2D eigenvalue weighted by Crippen LogP contribution is 2.43. The number of hydrogen-bond donors (Lipinski definition) is 8. The highest BCUT2D eigenvalue weighted by Gasteiger charge is 2.51. The number of carbonyl (C=O) groups excluding carboxylic acids is 1. The first kappa shape index (κ1) is 29.5. The van der Waals surface area contributed by atoms with Crippen LogP contribution in [-0.4, -0.2) is 115 Å². The zero-order chi connectivity index (χ0) is 28.8. The number of phenolic OH excluding ortho intramolecular Hbond substituents is 1. The number of carbonyl (C=O) groups is 1. The van der Waals surface area contributed by atoms with Crippen LogP contribution in [0.3, 0.4) is 0 Å². The van der Waals surface area contributed by atoms with E-state index in [0.717, 1.165) is 12.1 Å². The van der Waals surface area contributed by atoms with Crippen LogP contribution in [-0.2, 0) is 25.4 Å². The number of aromatic hydroxyl groups is 1. The maximum atomic E-state index is 13.0. The Hall–Kier alpha value is -2.50. The van der Waals surface area contributed by atoms with Gasteiger partial charge < -0.3 is 59.5 Å². The fourth-order valence-corrected chi connectivity index (χ4v) is 5.06. The van der Waals surface area contributed by atoms with Crippen molar-refractivity contribution >= 4 is 16.8 Å². The van der Waals surface area contributed by atoms with Gasteiger partial charge in [-0.15, -0.1) is 0 Å². The van der Waals surface area contributed by atoms with Gasteiger partial charge in [0.2, 0.25) is 0 Å². The highest BCUT2D eigenvalue weighted by atomic mass is 16.7. The lowest BCUT2D eigenvalue weighted by molar-refractivity contribution is -0.342. The molecule has 0 bridgehead atoms. The van der Waals surface area contributed by atoms with Crippen LogP contribution in [0.4, 0.5) is 0 Å². The van der Waals surface area contributed by atoms with Gasteiger partial charge >= 0.3 is 0 Å². The first-order chi connectivity index (χ1) is 18.4. The molecule has 0 aliphatic carbocycles. The van der Waals surface area contributed by atoms with Gasteiger partial charge in [-0.05, 0) is 19.4 Å². The van der Waals surface area contributed by atoms with Gasteiger partial charge in [0.25, 0.3) is 0 Å². The fraction of sp³-hybridized carbons (Fsp3) is 0.600. The third-order valence-electron chi connectivity index (χ3n) is 7.06. The smallest absolute Gasteiger partial charge is 0.193 e. The summed E-state index contributed by atoms with van der Waals surface area (Å²) in [6.07, 6.45) is -16.6. The molecule has 2 aromatic rings. The van der Waals surface area contributed by atoms with E-state index in [1.54, 1.807) is 0 Å². The van der Waals surface area contributed by atoms with E-state index in [9.17, 15) is 50.4 Å². The molecule has 2 saturated heterocycles. The van der Waals surface area contributed by atoms with Crippen LogP contribution >= 0.6 is 0 Å². The van der Waals surface area contributed by atoms with Crippen molar-refractivity contribution in [3.63, 3.8) is 0 Å². The average molecular weight is 557 g/mol. The molecule has 0 saturated carbocycles. The molecule has 14 heteroatoms. The van der Waals surface area contributed by atoms with Gasteiger partial charge in [0.05, 0.1) is 25.0 Å². The summed E-state index contributed by atoms with van der Waals surface area (Å²) in [5.74, 6) is -0.638. The second kappa shape index (κ2) is 11.5. The zero-order valence-electron chi connectivity index (χ0n) is 21.1. The van der Waals surface area contributed by atoms with Crippen LogP contribution in [0.2, 0.25) is 0 Å². The van der Waals surface area contributed by atoms with Crippen molar-refractivity contribution in [2.75, 3.05) is 13.2 Å². The van der Waals surface area contributed by atoms with Crippen molar-refractivity contribution in [1.29, 1.82) is 0 Å². The lowest BCUT2D eigenvalue weighted by Crippen LogP contribution is -2.62. The van der Waals surface area contributed by atoms with Crippen LogP contribution in [0.1, 0.15) is 29.9 Å². The molecule has 2 aliphatic heterocycles. The molecule has 14 nitrogen and oxygen atoms in total. The molecule has 2 aliphatic rings. The molecule has 0 unspecified atom stereocenters. The zero-order valence-corrected chi connectivity index (χ0v) is 21.1. The van der Waals surface area contributed by atoms with Crippen molar-refractivity contribution in [3.05, 3.63) is 39.2 Å². The molecule has 4 rings (SSSR count). The summed E-state index contributed by atoms with van der Waals surface area (Å²) < 4.78 is 22.5. The minimum atomic E-state index is -1.86. The number of rotatable bonds is 7.